The lowest BCUT2D eigenvalue weighted by Gasteiger charge is -2.17. The van der Waals surface area contributed by atoms with Crippen LogP contribution < -0.4 is 10.6 Å². The van der Waals surface area contributed by atoms with Crippen LogP contribution in [0.4, 0.5) is 15.8 Å². The number of aryl methyl sites for hydroxylation is 1. The molecule has 6 heteroatoms. The van der Waals surface area contributed by atoms with Crippen molar-refractivity contribution < 1.29 is 14.0 Å². The number of nitrogens with two attached hydrogens (primary N) is 1. The van der Waals surface area contributed by atoms with E-state index in [9.17, 15) is 14.0 Å². The van der Waals surface area contributed by atoms with Gasteiger partial charge >= 0.3 is 0 Å². The number of carbonyl (C=O) groups is 2. The summed E-state index contributed by atoms with van der Waals surface area (Å²) in [6.07, 6.45) is 0. The summed E-state index contributed by atoms with van der Waals surface area (Å²) in [6.45, 7) is 1.71. The Morgan fingerprint density at radius 1 is 1.10 bits per heavy atom. The molecule has 2 aromatic carbocycles. The molecule has 0 atom stereocenters. The SMILES string of the molecule is Cc1cc(Br)c(F)cc1N1C(=O)c2ccc(N)cc2C1=O. The molecule has 1 aliphatic heterocycles. The fourth-order valence-corrected chi connectivity index (χ4v) is 2.81. The lowest BCUT2D eigenvalue weighted by atomic mass is 10.1. The average molecular weight is 349 g/mol. The molecule has 0 unspecified atom stereocenters. The molecule has 0 bridgehead atoms. The van der Waals surface area contributed by atoms with Gasteiger partial charge in [0, 0.05) is 5.69 Å². The van der Waals surface area contributed by atoms with Crippen molar-refractivity contribution in [1.82, 2.24) is 0 Å². The van der Waals surface area contributed by atoms with Crippen molar-refractivity contribution in [2.45, 2.75) is 6.92 Å². The predicted octanol–water partition coefficient (Wildman–Crippen LogP) is 3.28. The Labute approximate surface area is 128 Å². The Bertz CT molecular complexity index is 805. The Morgan fingerprint density at radius 3 is 2.48 bits per heavy atom. The molecule has 0 aromatic heterocycles. The fraction of sp³-hybridized carbons (Fsp3) is 0.0667. The Hall–Kier alpha value is -2.21. The highest BCUT2D eigenvalue weighted by atomic mass is 79.9. The van der Waals surface area contributed by atoms with Gasteiger partial charge in [0.1, 0.15) is 5.82 Å². The second-order valence-corrected chi connectivity index (χ2v) is 5.66. The number of imide groups is 1. The van der Waals surface area contributed by atoms with Gasteiger partial charge in [0.05, 0.1) is 21.3 Å². The van der Waals surface area contributed by atoms with Gasteiger partial charge < -0.3 is 5.73 Å². The third-order valence-electron chi connectivity index (χ3n) is 3.39. The number of carbonyl (C=O) groups excluding carboxylic acids is 2. The number of rotatable bonds is 1. The molecule has 0 radical (unpaired) electrons. The molecule has 0 spiro atoms. The van der Waals surface area contributed by atoms with Crippen molar-refractivity contribution in [2.24, 2.45) is 0 Å². The second kappa shape index (κ2) is 4.66. The number of hydrogen-bond donors (Lipinski definition) is 1. The third kappa shape index (κ3) is 2.03. The van der Waals surface area contributed by atoms with Crippen LogP contribution in [0.15, 0.2) is 34.8 Å². The summed E-state index contributed by atoms with van der Waals surface area (Å²) in [5, 5.41) is 0. The molecular formula is C15H10BrFN2O2. The van der Waals surface area contributed by atoms with Crippen LogP contribution in [0.2, 0.25) is 0 Å². The zero-order chi connectivity index (χ0) is 15.3. The number of amides is 2. The summed E-state index contributed by atoms with van der Waals surface area (Å²) in [4.78, 5) is 25.8. The van der Waals surface area contributed by atoms with Crippen LogP contribution >= 0.6 is 15.9 Å². The quantitative estimate of drug-likeness (QED) is 0.635. The van der Waals surface area contributed by atoms with Crippen LogP contribution in [0.25, 0.3) is 0 Å². The number of nitrogens with zero attached hydrogens (tertiary/aromatic N) is 1. The summed E-state index contributed by atoms with van der Waals surface area (Å²) in [6, 6.07) is 7.23. The molecule has 21 heavy (non-hydrogen) atoms. The van der Waals surface area contributed by atoms with E-state index in [0.29, 0.717) is 11.3 Å². The highest BCUT2D eigenvalue weighted by Crippen LogP contribution is 2.33. The van der Waals surface area contributed by atoms with Gasteiger partial charge in [-0.2, -0.15) is 0 Å². The first-order chi connectivity index (χ1) is 9.90. The van der Waals surface area contributed by atoms with E-state index >= 15 is 0 Å². The monoisotopic (exact) mass is 348 g/mol. The first-order valence-electron chi connectivity index (χ1n) is 6.14. The van der Waals surface area contributed by atoms with Gasteiger partial charge in [0.25, 0.3) is 11.8 Å². The lowest BCUT2D eigenvalue weighted by Crippen LogP contribution is -2.30. The Balaban J connectivity index is 2.16. The van der Waals surface area contributed by atoms with Crippen molar-refractivity contribution in [2.75, 3.05) is 10.6 Å². The maximum atomic E-state index is 13.7. The summed E-state index contributed by atoms with van der Waals surface area (Å²) in [5.41, 5.74) is 7.41. The van der Waals surface area contributed by atoms with Crippen LogP contribution in [-0.2, 0) is 0 Å². The minimum absolute atomic E-state index is 0.237. The van der Waals surface area contributed by atoms with Gasteiger partial charge in [0.15, 0.2) is 0 Å². The Kier molecular flexibility index (Phi) is 3.06. The smallest absolute Gasteiger partial charge is 0.266 e. The van der Waals surface area contributed by atoms with E-state index in [1.165, 1.54) is 24.3 Å². The van der Waals surface area contributed by atoms with Gasteiger partial charge in [-0.25, -0.2) is 9.29 Å². The molecule has 0 aliphatic carbocycles. The molecule has 2 N–H and O–H groups in total. The largest absolute Gasteiger partial charge is 0.399 e. The van der Waals surface area contributed by atoms with E-state index in [1.807, 2.05) is 0 Å². The topological polar surface area (TPSA) is 63.4 Å². The van der Waals surface area contributed by atoms with E-state index in [-0.39, 0.29) is 21.3 Å². The summed E-state index contributed by atoms with van der Waals surface area (Å²) >= 11 is 3.08. The van der Waals surface area contributed by atoms with Gasteiger partial charge in [-0.1, -0.05) is 0 Å². The summed E-state index contributed by atoms with van der Waals surface area (Å²) in [5.74, 6) is -1.50. The van der Waals surface area contributed by atoms with Crippen LogP contribution in [0.3, 0.4) is 0 Å². The van der Waals surface area contributed by atoms with E-state index in [1.54, 1.807) is 13.0 Å². The molecule has 2 amide bonds. The van der Waals surface area contributed by atoms with Gasteiger partial charge in [-0.05, 0) is 58.7 Å². The minimum atomic E-state index is -0.535. The molecule has 0 saturated carbocycles. The minimum Gasteiger partial charge on any atom is -0.399 e. The zero-order valence-corrected chi connectivity index (χ0v) is 12.6. The van der Waals surface area contributed by atoms with E-state index < -0.39 is 17.6 Å². The van der Waals surface area contributed by atoms with Crippen molar-refractivity contribution in [3.8, 4) is 0 Å². The average Bonchev–Trinajstić information content (AvgIpc) is 2.66. The Morgan fingerprint density at radius 2 is 1.76 bits per heavy atom. The number of benzene rings is 2. The zero-order valence-electron chi connectivity index (χ0n) is 11.0. The van der Waals surface area contributed by atoms with Crippen LogP contribution in [0.1, 0.15) is 26.3 Å². The maximum absolute atomic E-state index is 13.7. The molecular weight excluding hydrogens is 339 g/mol. The van der Waals surface area contributed by atoms with Gasteiger partial charge in [0.2, 0.25) is 0 Å². The highest BCUT2D eigenvalue weighted by molar-refractivity contribution is 9.10. The number of anilines is 2. The number of halogens is 2. The first-order valence-corrected chi connectivity index (χ1v) is 6.93. The third-order valence-corrected chi connectivity index (χ3v) is 4.00. The number of nitrogen functional groups attached to an aromatic ring is 1. The normalized spacial score (nSPS) is 13.8. The van der Waals surface area contributed by atoms with Crippen LogP contribution in [-0.4, -0.2) is 11.8 Å². The summed E-state index contributed by atoms with van der Waals surface area (Å²) in [7, 11) is 0. The van der Waals surface area contributed by atoms with Crippen molar-refractivity contribution in [1.29, 1.82) is 0 Å². The molecule has 1 heterocycles. The van der Waals surface area contributed by atoms with Crippen molar-refractivity contribution in [3.63, 3.8) is 0 Å². The molecule has 1 aliphatic rings. The van der Waals surface area contributed by atoms with Crippen molar-refractivity contribution >= 4 is 39.1 Å². The van der Waals surface area contributed by atoms with Crippen LogP contribution in [0.5, 0.6) is 0 Å². The number of hydrogen-bond acceptors (Lipinski definition) is 3. The van der Waals surface area contributed by atoms with E-state index in [2.05, 4.69) is 15.9 Å². The summed E-state index contributed by atoms with van der Waals surface area (Å²) < 4.78 is 14.0. The molecule has 4 nitrogen and oxygen atoms in total. The standard InChI is InChI=1S/C15H10BrFN2O2/c1-7-4-11(16)12(17)6-13(7)19-14(20)9-3-2-8(18)5-10(9)15(19)21/h2-6H,18H2,1H3. The molecule has 106 valence electrons. The molecule has 2 aromatic rings. The predicted molar refractivity (Wildman–Crippen MR) is 80.8 cm³/mol. The molecule has 3 rings (SSSR count). The molecule has 0 fully saturated rings. The van der Waals surface area contributed by atoms with E-state index in [0.717, 1.165) is 4.90 Å². The highest BCUT2D eigenvalue weighted by Gasteiger charge is 2.37. The molecule has 0 saturated heterocycles. The van der Waals surface area contributed by atoms with E-state index in [4.69, 9.17) is 5.73 Å². The fourth-order valence-electron chi connectivity index (χ4n) is 2.35. The van der Waals surface area contributed by atoms with Crippen LogP contribution in [0, 0.1) is 12.7 Å². The maximum Gasteiger partial charge on any atom is 0.266 e. The lowest BCUT2D eigenvalue weighted by molar-refractivity contribution is 0.0926. The van der Waals surface area contributed by atoms with Gasteiger partial charge in [-0.15, -0.1) is 0 Å². The van der Waals surface area contributed by atoms with Gasteiger partial charge in [-0.3, -0.25) is 9.59 Å². The number of fused-ring (bicyclic) bond motifs is 1. The van der Waals surface area contributed by atoms with Crippen molar-refractivity contribution in [3.05, 3.63) is 57.3 Å². The second-order valence-electron chi connectivity index (χ2n) is 4.80. The first kappa shape index (κ1) is 13.8.